The third-order valence-corrected chi connectivity index (χ3v) is 5.24. The van der Waals surface area contributed by atoms with Crippen LogP contribution in [0.5, 0.6) is 0 Å². The zero-order chi connectivity index (χ0) is 13.2. The van der Waals surface area contributed by atoms with Gasteiger partial charge in [0.05, 0.1) is 10.0 Å². The molecule has 0 aliphatic heterocycles. The van der Waals surface area contributed by atoms with E-state index in [1.807, 2.05) is 13.1 Å². The van der Waals surface area contributed by atoms with E-state index in [9.17, 15) is 0 Å². The maximum absolute atomic E-state index is 6.19. The standard InChI is InChI=1S/C15H21Cl2N.ClH/c1-11(18-2)15(8-4-3-5-9-15)12-6-7-13(16)14(17)10-12;/h6-7,10-11,18H,3-5,8-9H2,1-2H3;1H. The van der Waals surface area contributed by atoms with Crippen molar-refractivity contribution in [3.05, 3.63) is 33.8 Å². The summed E-state index contributed by atoms with van der Waals surface area (Å²) in [6, 6.07) is 6.59. The minimum Gasteiger partial charge on any atom is -0.316 e. The van der Waals surface area contributed by atoms with E-state index < -0.39 is 0 Å². The molecule has 1 unspecified atom stereocenters. The van der Waals surface area contributed by atoms with Gasteiger partial charge in [0.1, 0.15) is 0 Å². The highest BCUT2D eigenvalue weighted by Gasteiger charge is 2.38. The fraction of sp³-hybridized carbons (Fsp3) is 0.600. The van der Waals surface area contributed by atoms with Gasteiger partial charge in [0.25, 0.3) is 0 Å². The van der Waals surface area contributed by atoms with Crippen LogP contribution in [0.2, 0.25) is 10.0 Å². The minimum atomic E-state index is 0. The van der Waals surface area contributed by atoms with Crippen molar-refractivity contribution in [3.8, 4) is 0 Å². The van der Waals surface area contributed by atoms with Crippen LogP contribution in [0.3, 0.4) is 0 Å². The van der Waals surface area contributed by atoms with Crippen molar-refractivity contribution in [2.45, 2.75) is 50.5 Å². The molecule has 1 aromatic carbocycles. The molecule has 2 rings (SSSR count). The van der Waals surface area contributed by atoms with Crippen LogP contribution in [0, 0.1) is 0 Å². The maximum Gasteiger partial charge on any atom is 0.0595 e. The summed E-state index contributed by atoms with van der Waals surface area (Å²) in [5.41, 5.74) is 1.54. The fourth-order valence-corrected chi connectivity index (χ4v) is 3.53. The van der Waals surface area contributed by atoms with Gasteiger partial charge in [-0.15, -0.1) is 12.4 Å². The Balaban J connectivity index is 0.00000180. The second kappa shape index (κ2) is 7.17. The van der Waals surface area contributed by atoms with Crippen molar-refractivity contribution in [1.82, 2.24) is 5.32 Å². The monoisotopic (exact) mass is 321 g/mol. The second-order valence-electron chi connectivity index (χ2n) is 5.36. The smallest absolute Gasteiger partial charge is 0.0595 e. The lowest BCUT2D eigenvalue weighted by atomic mass is 9.65. The number of hydrogen-bond acceptors (Lipinski definition) is 1. The van der Waals surface area contributed by atoms with E-state index in [1.165, 1.54) is 37.7 Å². The maximum atomic E-state index is 6.19. The molecule has 0 spiro atoms. The summed E-state index contributed by atoms with van der Waals surface area (Å²) in [7, 11) is 2.04. The average molecular weight is 323 g/mol. The number of rotatable bonds is 3. The highest BCUT2D eigenvalue weighted by atomic mass is 35.5. The molecule has 0 radical (unpaired) electrons. The van der Waals surface area contributed by atoms with Crippen molar-refractivity contribution >= 4 is 35.6 Å². The molecule has 0 saturated heterocycles. The summed E-state index contributed by atoms with van der Waals surface area (Å²) in [6.45, 7) is 2.27. The van der Waals surface area contributed by atoms with Gasteiger partial charge in [-0.25, -0.2) is 0 Å². The van der Waals surface area contributed by atoms with E-state index >= 15 is 0 Å². The molecular formula is C15H22Cl3N. The normalized spacial score (nSPS) is 19.6. The number of benzene rings is 1. The predicted molar refractivity (Wildman–Crippen MR) is 87.0 cm³/mol. The Labute approximate surface area is 132 Å². The van der Waals surface area contributed by atoms with Gasteiger partial charge in [-0.2, -0.15) is 0 Å². The number of nitrogens with one attached hydrogen (secondary N) is 1. The Kier molecular flexibility index (Phi) is 6.46. The molecule has 0 amide bonds. The third-order valence-electron chi connectivity index (χ3n) is 4.50. The van der Waals surface area contributed by atoms with E-state index in [1.54, 1.807) is 0 Å². The average Bonchev–Trinajstić information content (AvgIpc) is 2.41. The topological polar surface area (TPSA) is 12.0 Å². The lowest BCUT2D eigenvalue weighted by Gasteiger charge is -2.43. The van der Waals surface area contributed by atoms with Crippen LogP contribution in [0.4, 0.5) is 0 Å². The molecule has 1 fully saturated rings. The van der Waals surface area contributed by atoms with Gasteiger partial charge in [0, 0.05) is 11.5 Å². The van der Waals surface area contributed by atoms with Crippen LogP contribution in [0.25, 0.3) is 0 Å². The van der Waals surface area contributed by atoms with Gasteiger partial charge < -0.3 is 5.32 Å². The third kappa shape index (κ3) is 3.39. The molecule has 4 heteroatoms. The molecule has 0 heterocycles. The number of hydrogen-bond donors (Lipinski definition) is 1. The Morgan fingerprint density at radius 2 is 1.74 bits per heavy atom. The molecule has 1 aliphatic rings. The molecule has 1 atom stereocenters. The van der Waals surface area contributed by atoms with E-state index in [2.05, 4.69) is 24.4 Å². The Bertz CT molecular complexity index is 414. The number of likely N-dealkylation sites (N-methyl/N-ethyl adjacent to an activating group) is 1. The first-order valence-corrected chi connectivity index (χ1v) is 7.48. The molecule has 1 N–H and O–H groups in total. The van der Waals surface area contributed by atoms with Gasteiger partial charge in [-0.1, -0.05) is 48.5 Å². The molecular weight excluding hydrogens is 301 g/mol. The van der Waals surface area contributed by atoms with E-state index in [-0.39, 0.29) is 17.8 Å². The molecule has 1 nitrogen and oxygen atoms in total. The highest BCUT2D eigenvalue weighted by molar-refractivity contribution is 6.42. The second-order valence-corrected chi connectivity index (χ2v) is 6.17. The lowest BCUT2D eigenvalue weighted by molar-refractivity contribution is 0.231. The molecule has 19 heavy (non-hydrogen) atoms. The van der Waals surface area contributed by atoms with Crippen LogP contribution in [0.1, 0.15) is 44.6 Å². The first-order valence-electron chi connectivity index (χ1n) is 6.73. The van der Waals surface area contributed by atoms with Gasteiger partial charge in [0.15, 0.2) is 0 Å². The summed E-state index contributed by atoms with van der Waals surface area (Å²) >= 11 is 12.2. The minimum absolute atomic E-state index is 0. The zero-order valence-electron chi connectivity index (χ0n) is 11.5. The fourth-order valence-electron chi connectivity index (χ4n) is 3.24. The van der Waals surface area contributed by atoms with E-state index in [4.69, 9.17) is 23.2 Å². The Morgan fingerprint density at radius 1 is 1.11 bits per heavy atom. The summed E-state index contributed by atoms with van der Waals surface area (Å²) in [6.07, 6.45) is 6.40. The molecule has 1 saturated carbocycles. The predicted octanol–water partition coefficient (Wildman–Crippen LogP) is 5.23. The molecule has 1 aliphatic carbocycles. The van der Waals surface area contributed by atoms with Gasteiger partial charge in [-0.05, 0) is 44.5 Å². The van der Waals surface area contributed by atoms with Crippen LogP contribution in [-0.2, 0) is 5.41 Å². The van der Waals surface area contributed by atoms with Crippen molar-refractivity contribution in [2.24, 2.45) is 0 Å². The first-order chi connectivity index (χ1) is 8.60. The number of halogens is 3. The quantitative estimate of drug-likeness (QED) is 0.804. The Hall–Kier alpha value is 0.0500. The lowest BCUT2D eigenvalue weighted by Crippen LogP contribution is -2.46. The summed E-state index contributed by atoms with van der Waals surface area (Å²) in [5.74, 6) is 0. The van der Waals surface area contributed by atoms with Gasteiger partial charge in [0.2, 0.25) is 0 Å². The van der Waals surface area contributed by atoms with Crippen molar-refractivity contribution in [3.63, 3.8) is 0 Å². The SMILES string of the molecule is CNC(C)C1(c2ccc(Cl)c(Cl)c2)CCCCC1.Cl. The van der Waals surface area contributed by atoms with Crippen LogP contribution < -0.4 is 5.32 Å². The zero-order valence-corrected chi connectivity index (χ0v) is 13.8. The summed E-state index contributed by atoms with van der Waals surface area (Å²) in [5, 5.41) is 4.74. The van der Waals surface area contributed by atoms with Crippen molar-refractivity contribution < 1.29 is 0 Å². The van der Waals surface area contributed by atoms with Crippen LogP contribution in [0.15, 0.2) is 18.2 Å². The molecule has 0 bridgehead atoms. The van der Waals surface area contributed by atoms with Gasteiger partial charge >= 0.3 is 0 Å². The molecule has 1 aromatic rings. The van der Waals surface area contributed by atoms with Crippen LogP contribution in [-0.4, -0.2) is 13.1 Å². The van der Waals surface area contributed by atoms with Crippen molar-refractivity contribution in [1.29, 1.82) is 0 Å². The molecule has 0 aromatic heterocycles. The highest BCUT2D eigenvalue weighted by Crippen LogP contribution is 2.43. The first kappa shape index (κ1) is 17.1. The Morgan fingerprint density at radius 3 is 2.26 bits per heavy atom. The largest absolute Gasteiger partial charge is 0.316 e. The van der Waals surface area contributed by atoms with E-state index in [0.29, 0.717) is 16.1 Å². The summed E-state index contributed by atoms with van der Waals surface area (Å²) in [4.78, 5) is 0. The van der Waals surface area contributed by atoms with Crippen LogP contribution >= 0.6 is 35.6 Å². The van der Waals surface area contributed by atoms with Gasteiger partial charge in [-0.3, -0.25) is 0 Å². The molecule has 108 valence electrons. The van der Waals surface area contributed by atoms with E-state index in [0.717, 1.165) is 0 Å². The summed E-state index contributed by atoms with van der Waals surface area (Å²) < 4.78 is 0. The van der Waals surface area contributed by atoms with Crippen molar-refractivity contribution in [2.75, 3.05) is 7.05 Å².